The van der Waals surface area contributed by atoms with Crippen molar-refractivity contribution in [2.75, 3.05) is 12.3 Å². The van der Waals surface area contributed by atoms with E-state index in [1.165, 1.54) is 6.33 Å². The summed E-state index contributed by atoms with van der Waals surface area (Å²) in [7, 11) is 0. The Morgan fingerprint density at radius 1 is 1.62 bits per heavy atom. The lowest BCUT2D eigenvalue weighted by Crippen LogP contribution is -2.02. The van der Waals surface area contributed by atoms with E-state index in [0.29, 0.717) is 12.5 Å². The van der Waals surface area contributed by atoms with Gasteiger partial charge in [-0.05, 0) is 6.42 Å². The average molecular weight is 200 g/mol. The van der Waals surface area contributed by atoms with Crippen molar-refractivity contribution in [1.29, 1.82) is 0 Å². The van der Waals surface area contributed by atoms with Gasteiger partial charge in [0.25, 0.3) is 0 Å². The van der Waals surface area contributed by atoms with Gasteiger partial charge in [-0.1, -0.05) is 17.7 Å². The molecule has 0 radical (unpaired) electrons. The predicted octanol–water partition coefficient (Wildman–Crippen LogP) is 1.67. The lowest BCUT2D eigenvalue weighted by molar-refractivity contribution is 0.314. The smallest absolute Gasteiger partial charge is 0.241 e. The van der Waals surface area contributed by atoms with E-state index in [-0.39, 0.29) is 10.8 Å². The maximum Gasteiger partial charge on any atom is 0.241 e. The van der Waals surface area contributed by atoms with E-state index in [4.69, 9.17) is 22.1 Å². The fourth-order valence-electron chi connectivity index (χ4n) is 0.713. The van der Waals surface area contributed by atoms with Gasteiger partial charge in [0.05, 0.1) is 6.61 Å². The molecule has 70 valence electrons. The van der Waals surface area contributed by atoms with Crippen LogP contribution in [0.3, 0.4) is 0 Å². The largest absolute Gasteiger partial charge is 0.476 e. The first-order valence-electron chi connectivity index (χ1n) is 3.75. The van der Waals surface area contributed by atoms with Gasteiger partial charge < -0.3 is 10.5 Å². The van der Waals surface area contributed by atoms with Gasteiger partial charge in [0.2, 0.25) is 5.88 Å². The molecular weight excluding hydrogens is 190 g/mol. The summed E-state index contributed by atoms with van der Waals surface area (Å²) >= 11 is 5.65. The molecule has 0 atom stereocenters. The highest BCUT2D eigenvalue weighted by Gasteiger charge is 2.05. The van der Waals surface area contributed by atoms with Crippen LogP contribution >= 0.6 is 11.6 Å². The highest BCUT2D eigenvalue weighted by Crippen LogP contribution is 2.23. The third-order valence-corrected chi connectivity index (χ3v) is 1.66. The maximum absolute atomic E-state index is 5.65. The zero-order valence-electron chi connectivity index (χ0n) is 7.03. The second kappa shape index (κ2) is 4.67. The van der Waals surface area contributed by atoms with E-state index in [1.807, 2.05) is 0 Å². The Morgan fingerprint density at radius 2 is 2.38 bits per heavy atom. The molecule has 0 aromatic carbocycles. The van der Waals surface area contributed by atoms with Crippen LogP contribution in [0.1, 0.15) is 6.42 Å². The van der Waals surface area contributed by atoms with E-state index < -0.39 is 0 Å². The van der Waals surface area contributed by atoms with E-state index >= 15 is 0 Å². The number of halogens is 1. The summed E-state index contributed by atoms with van der Waals surface area (Å²) in [5, 5.41) is 0.212. The van der Waals surface area contributed by atoms with Gasteiger partial charge in [-0.15, -0.1) is 6.58 Å². The molecule has 0 bridgehead atoms. The molecule has 0 unspecified atom stereocenters. The molecule has 1 aromatic rings. The standard InChI is InChI=1S/C8H10ClN3O/c1-2-3-4-13-8-6(10)7(9)11-5-12-8/h2,5H,1,3-4,10H2. The molecule has 0 fully saturated rings. The van der Waals surface area contributed by atoms with Crippen molar-refractivity contribution in [3.63, 3.8) is 0 Å². The minimum absolute atomic E-state index is 0.212. The minimum atomic E-state index is 0.212. The van der Waals surface area contributed by atoms with Crippen LogP contribution in [0.15, 0.2) is 19.0 Å². The Balaban J connectivity index is 2.65. The number of hydrogen-bond donors (Lipinski definition) is 1. The van der Waals surface area contributed by atoms with Crippen LogP contribution in [0.2, 0.25) is 5.15 Å². The molecule has 0 saturated heterocycles. The van der Waals surface area contributed by atoms with Crippen LogP contribution in [0.4, 0.5) is 5.69 Å². The average Bonchev–Trinajstić information content (AvgIpc) is 2.13. The van der Waals surface area contributed by atoms with Crippen LogP contribution in [-0.2, 0) is 0 Å². The van der Waals surface area contributed by atoms with Crippen molar-refractivity contribution in [2.45, 2.75) is 6.42 Å². The van der Waals surface area contributed by atoms with Crippen molar-refractivity contribution in [1.82, 2.24) is 9.97 Å². The molecule has 0 aliphatic carbocycles. The Kier molecular flexibility index (Phi) is 3.52. The molecule has 5 heteroatoms. The maximum atomic E-state index is 5.65. The number of hydrogen-bond acceptors (Lipinski definition) is 4. The highest BCUT2D eigenvalue weighted by molar-refractivity contribution is 6.32. The summed E-state index contributed by atoms with van der Waals surface area (Å²) in [4.78, 5) is 7.53. The molecule has 0 aliphatic heterocycles. The van der Waals surface area contributed by atoms with Gasteiger partial charge in [0.1, 0.15) is 12.0 Å². The Bertz CT molecular complexity index is 303. The number of aromatic nitrogens is 2. The van der Waals surface area contributed by atoms with Gasteiger partial charge in [-0.3, -0.25) is 0 Å². The van der Waals surface area contributed by atoms with Crippen LogP contribution in [0, 0.1) is 0 Å². The fraction of sp³-hybridized carbons (Fsp3) is 0.250. The summed E-state index contributed by atoms with van der Waals surface area (Å²) < 4.78 is 5.23. The molecule has 0 saturated carbocycles. The summed E-state index contributed by atoms with van der Waals surface area (Å²) in [6, 6.07) is 0. The molecule has 1 heterocycles. The van der Waals surface area contributed by atoms with Crippen LogP contribution in [0.25, 0.3) is 0 Å². The Labute approximate surface area is 81.4 Å². The van der Waals surface area contributed by atoms with Crippen molar-refractivity contribution in [2.24, 2.45) is 0 Å². The number of rotatable bonds is 4. The van der Waals surface area contributed by atoms with Gasteiger partial charge in [0.15, 0.2) is 5.15 Å². The van der Waals surface area contributed by atoms with Crippen molar-refractivity contribution < 1.29 is 4.74 Å². The van der Waals surface area contributed by atoms with Crippen LogP contribution in [-0.4, -0.2) is 16.6 Å². The van der Waals surface area contributed by atoms with Crippen LogP contribution < -0.4 is 10.5 Å². The first-order chi connectivity index (χ1) is 6.25. The number of nitrogens with zero attached hydrogens (tertiary/aromatic N) is 2. The number of ether oxygens (including phenoxy) is 1. The van der Waals surface area contributed by atoms with E-state index in [1.54, 1.807) is 6.08 Å². The molecule has 4 nitrogen and oxygen atoms in total. The van der Waals surface area contributed by atoms with E-state index in [2.05, 4.69) is 16.5 Å². The molecule has 0 aliphatic rings. The second-order valence-corrected chi connectivity index (χ2v) is 2.67. The van der Waals surface area contributed by atoms with Crippen molar-refractivity contribution in [3.05, 3.63) is 24.1 Å². The molecule has 0 amide bonds. The molecule has 1 rings (SSSR count). The minimum Gasteiger partial charge on any atom is -0.476 e. The quantitative estimate of drug-likeness (QED) is 0.455. The first kappa shape index (κ1) is 9.80. The van der Waals surface area contributed by atoms with Crippen LogP contribution in [0.5, 0.6) is 5.88 Å². The van der Waals surface area contributed by atoms with Crippen molar-refractivity contribution in [3.8, 4) is 5.88 Å². The van der Waals surface area contributed by atoms with Crippen molar-refractivity contribution >= 4 is 17.3 Å². The number of anilines is 1. The molecule has 13 heavy (non-hydrogen) atoms. The number of nitrogens with two attached hydrogens (primary N) is 1. The normalized spacial score (nSPS) is 9.62. The summed E-state index contributed by atoms with van der Waals surface area (Å²) in [5.41, 5.74) is 5.83. The second-order valence-electron chi connectivity index (χ2n) is 2.31. The van der Waals surface area contributed by atoms with E-state index in [9.17, 15) is 0 Å². The SMILES string of the molecule is C=CCCOc1ncnc(Cl)c1N. The van der Waals surface area contributed by atoms with E-state index in [0.717, 1.165) is 6.42 Å². The third kappa shape index (κ3) is 2.59. The highest BCUT2D eigenvalue weighted by atomic mass is 35.5. The molecular formula is C8H10ClN3O. The monoisotopic (exact) mass is 199 g/mol. The Hall–Kier alpha value is -1.29. The molecule has 2 N–H and O–H groups in total. The number of nitrogen functional groups attached to an aromatic ring is 1. The summed E-state index contributed by atoms with van der Waals surface area (Å²) in [5.74, 6) is 0.321. The zero-order valence-corrected chi connectivity index (χ0v) is 7.79. The molecule has 1 aromatic heterocycles. The summed E-state index contributed by atoms with van der Waals surface area (Å²) in [6.45, 7) is 4.05. The predicted molar refractivity (Wildman–Crippen MR) is 51.8 cm³/mol. The fourth-order valence-corrected chi connectivity index (χ4v) is 0.838. The summed E-state index contributed by atoms with van der Waals surface area (Å²) in [6.07, 6.45) is 3.79. The first-order valence-corrected chi connectivity index (χ1v) is 4.13. The van der Waals surface area contributed by atoms with Gasteiger partial charge in [0, 0.05) is 0 Å². The van der Waals surface area contributed by atoms with Gasteiger partial charge in [-0.25, -0.2) is 4.98 Å². The Morgan fingerprint density at radius 3 is 3.08 bits per heavy atom. The topological polar surface area (TPSA) is 61.0 Å². The zero-order chi connectivity index (χ0) is 9.68. The molecule has 0 spiro atoms. The third-order valence-electron chi connectivity index (χ3n) is 1.36. The van der Waals surface area contributed by atoms with Gasteiger partial charge in [-0.2, -0.15) is 4.98 Å². The lowest BCUT2D eigenvalue weighted by atomic mass is 10.4. The lowest BCUT2D eigenvalue weighted by Gasteiger charge is -2.05. The van der Waals surface area contributed by atoms with Gasteiger partial charge >= 0.3 is 0 Å².